The zero-order valence-electron chi connectivity index (χ0n) is 21.7. The van der Waals surface area contributed by atoms with Gasteiger partial charge in [0.2, 0.25) is 11.8 Å². The molecule has 7 heteroatoms. The summed E-state index contributed by atoms with van der Waals surface area (Å²) in [5.74, 6) is 0.854. The molecule has 4 fully saturated rings. The normalized spacial score (nSPS) is 32.2. The fraction of sp³-hybridized carbons (Fsp3) is 0.533. The Balaban J connectivity index is 1.35. The van der Waals surface area contributed by atoms with E-state index in [0.717, 1.165) is 67.6 Å². The molecule has 196 valence electrons. The Morgan fingerprint density at radius 2 is 1.30 bits per heavy atom. The summed E-state index contributed by atoms with van der Waals surface area (Å²) in [6.07, 6.45) is 3.33. The van der Waals surface area contributed by atoms with Gasteiger partial charge in [-0.3, -0.25) is 9.59 Å². The third-order valence-corrected chi connectivity index (χ3v) is 9.49. The molecule has 0 aromatic heterocycles. The molecule has 6 atom stereocenters. The molecule has 4 aliphatic heterocycles. The first-order valence-electron chi connectivity index (χ1n) is 13.8. The summed E-state index contributed by atoms with van der Waals surface area (Å²) < 4.78 is 6.55. The van der Waals surface area contributed by atoms with Gasteiger partial charge in [0.05, 0.1) is 25.3 Å². The molecule has 5 unspecified atom stereocenters. The molecular formula is C30H36BrN3O3. The fourth-order valence-corrected chi connectivity index (χ4v) is 7.59. The molecule has 0 bridgehead atoms. The van der Waals surface area contributed by atoms with Crippen LogP contribution in [0.25, 0.3) is 0 Å². The Labute approximate surface area is 228 Å². The topological polar surface area (TPSA) is 53.1 Å². The van der Waals surface area contributed by atoms with Crippen LogP contribution in [0.1, 0.15) is 62.7 Å². The molecule has 6 rings (SSSR count). The van der Waals surface area contributed by atoms with E-state index in [2.05, 4.69) is 71.1 Å². The van der Waals surface area contributed by atoms with Crippen molar-refractivity contribution in [3.05, 3.63) is 64.1 Å². The molecule has 4 heterocycles. The van der Waals surface area contributed by atoms with E-state index in [1.165, 1.54) is 5.69 Å². The minimum absolute atomic E-state index is 0.0719. The zero-order valence-corrected chi connectivity index (χ0v) is 23.3. The minimum Gasteiger partial charge on any atom is -0.378 e. The average molecular weight is 567 g/mol. The third-order valence-electron chi connectivity index (χ3n) is 9.00. The molecule has 4 aliphatic rings. The second-order valence-corrected chi connectivity index (χ2v) is 12.2. The second kappa shape index (κ2) is 10.1. The number of halogens is 1. The molecule has 0 saturated carbocycles. The van der Waals surface area contributed by atoms with E-state index in [0.29, 0.717) is 11.8 Å². The summed E-state index contributed by atoms with van der Waals surface area (Å²) in [5, 5.41) is 0. The van der Waals surface area contributed by atoms with Crippen molar-refractivity contribution in [3.8, 4) is 0 Å². The second-order valence-electron chi connectivity index (χ2n) is 11.3. The number of benzene rings is 2. The fourth-order valence-electron chi connectivity index (χ4n) is 7.18. The molecule has 0 aliphatic carbocycles. The van der Waals surface area contributed by atoms with Crippen LogP contribution in [0.4, 0.5) is 5.69 Å². The van der Waals surface area contributed by atoms with Crippen molar-refractivity contribution in [1.82, 2.24) is 9.80 Å². The molecule has 0 spiro atoms. The number of nitrogens with zero attached hydrogens (tertiary/aromatic N) is 3. The number of hydrogen-bond donors (Lipinski definition) is 0. The van der Waals surface area contributed by atoms with Crippen LogP contribution in [-0.4, -0.2) is 60.0 Å². The summed E-state index contributed by atoms with van der Waals surface area (Å²) in [6, 6.07) is 15.9. The van der Waals surface area contributed by atoms with Crippen molar-refractivity contribution in [2.45, 2.75) is 63.7 Å². The highest BCUT2D eigenvalue weighted by Crippen LogP contribution is 2.48. The highest BCUT2D eigenvalue weighted by atomic mass is 79.9. The summed E-state index contributed by atoms with van der Waals surface area (Å²) in [7, 11) is 0. The third kappa shape index (κ3) is 4.38. The predicted molar refractivity (Wildman–Crippen MR) is 147 cm³/mol. The highest BCUT2D eigenvalue weighted by molar-refractivity contribution is 9.10. The first-order valence-corrected chi connectivity index (χ1v) is 14.6. The molecule has 2 aromatic carbocycles. The van der Waals surface area contributed by atoms with Crippen molar-refractivity contribution in [1.29, 1.82) is 0 Å². The van der Waals surface area contributed by atoms with Crippen LogP contribution in [0.15, 0.2) is 53.0 Å². The van der Waals surface area contributed by atoms with Crippen molar-refractivity contribution in [3.63, 3.8) is 0 Å². The zero-order chi connectivity index (χ0) is 25.7. The molecule has 37 heavy (non-hydrogen) atoms. The number of piperazine rings is 1. The molecule has 6 nitrogen and oxygen atoms in total. The number of amides is 2. The number of ether oxygens (including phenoxy) is 1. The van der Waals surface area contributed by atoms with Crippen LogP contribution in [0, 0.1) is 11.8 Å². The summed E-state index contributed by atoms with van der Waals surface area (Å²) in [4.78, 5) is 34.9. The van der Waals surface area contributed by atoms with Gasteiger partial charge in [0, 0.05) is 23.2 Å². The Morgan fingerprint density at radius 1 is 0.757 bits per heavy atom. The van der Waals surface area contributed by atoms with E-state index in [4.69, 9.17) is 4.74 Å². The van der Waals surface area contributed by atoms with Gasteiger partial charge in [-0.05, 0) is 72.9 Å². The van der Waals surface area contributed by atoms with Crippen molar-refractivity contribution in [2.75, 3.05) is 31.2 Å². The maximum atomic E-state index is 14.3. The van der Waals surface area contributed by atoms with Gasteiger partial charge in [-0.1, -0.05) is 54.0 Å². The lowest BCUT2D eigenvalue weighted by Crippen LogP contribution is -2.69. The van der Waals surface area contributed by atoms with Crippen LogP contribution >= 0.6 is 15.9 Å². The average Bonchev–Trinajstić information content (AvgIpc) is 2.92. The van der Waals surface area contributed by atoms with Crippen LogP contribution in [0.2, 0.25) is 0 Å². The number of rotatable bonds is 3. The van der Waals surface area contributed by atoms with Gasteiger partial charge in [-0.15, -0.1) is 0 Å². The summed E-state index contributed by atoms with van der Waals surface area (Å²) in [5.41, 5.74) is 3.43. The molecule has 0 radical (unpaired) electrons. The van der Waals surface area contributed by atoms with E-state index in [1.54, 1.807) is 0 Å². The molecule has 2 amide bonds. The smallest absolute Gasteiger partial charge is 0.246 e. The van der Waals surface area contributed by atoms with E-state index in [9.17, 15) is 9.59 Å². The monoisotopic (exact) mass is 565 g/mol. The number of piperidine rings is 2. The van der Waals surface area contributed by atoms with E-state index in [1.807, 2.05) is 21.9 Å². The maximum Gasteiger partial charge on any atom is 0.246 e. The molecular weight excluding hydrogens is 530 g/mol. The van der Waals surface area contributed by atoms with E-state index >= 15 is 0 Å². The standard InChI is InChI=1S/C30H36BrN3O3/c1-19-9-11-25-30(36)34-26(29(35)33(25)27(19)21-5-3-7-23(31)17-21)12-10-20(2)28(34)22-6-4-8-24(18-22)32-13-15-37-16-14-32/h3-8,17-20,25-28H,9-16H2,1-2H3/t19?,20?,25?,26?,27?,28-/m1/s1. The Hall–Kier alpha value is -2.38. The van der Waals surface area contributed by atoms with Crippen LogP contribution in [0.5, 0.6) is 0 Å². The lowest BCUT2D eigenvalue weighted by molar-refractivity contribution is -0.177. The number of carbonyl (C=O) groups is 2. The Bertz CT molecular complexity index is 1180. The van der Waals surface area contributed by atoms with Gasteiger partial charge in [0.1, 0.15) is 12.1 Å². The van der Waals surface area contributed by atoms with Crippen molar-refractivity contribution < 1.29 is 14.3 Å². The Kier molecular flexibility index (Phi) is 6.78. The van der Waals surface area contributed by atoms with Crippen molar-refractivity contribution in [2.24, 2.45) is 11.8 Å². The van der Waals surface area contributed by atoms with Crippen molar-refractivity contribution >= 4 is 33.4 Å². The lowest BCUT2D eigenvalue weighted by Gasteiger charge is -2.56. The number of fused-ring (bicyclic) bond motifs is 2. The quantitative estimate of drug-likeness (QED) is 0.504. The lowest BCUT2D eigenvalue weighted by atomic mass is 9.76. The van der Waals surface area contributed by atoms with Gasteiger partial charge >= 0.3 is 0 Å². The first kappa shape index (κ1) is 24.9. The predicted octanol–water partition coefficient (Wildman–Crippen LogP) is 5.34. The van der Waals surface area contributed by atoms with Crippen LogP contribution < -0.4 is 4.90 Å². The molecule has 0 N–H and O–H groups in total. The van der Waals surface area contributed by atoms with Crippen LogP contribution in [0.3, 0.4) is 0 Å². The maximum absolute atomic E-state index is 14.3. The first-order chi connectivity index (χ1) is 17.9. The van der Waals surface area contributed by atoms with E-state index in [-0.39, 0.29) is 29.9 Å². The highest BCUT2D eigenvalue weighted by Gasteiger charge is 2.55. The van der Waals surface area contributed by atoms with Gasteiger partial charge in [0.25, 0.3) is 0 Å². The SMILES string of the molecule is CC1CCC2C(=O)N3C(CCC(C)[C@@H]3c3cccc(N4CCOCC4)c3)C(=O)N2C1c1cccc(Br)c1. The number of anilines is 1. The summed E-state index contributed by atoms with van der Waals surface area (Å²) >= 11 is 3.60. The molecule has 4 saturated heterocycles. The molecule has 2 aromatic rings. The van der Waals surface area contributed by atoms with E-state index < -0.39 is 6.04 Å². The van der Waals surface area contributed by atoms with Gasteiger partial charge in [0.15, 0.2) is 0 Å². The van der Waals surface area contributed by atoms with Gasteiger partial charge in [-0.25, -0.2) is 0 Å². The van der Waals surface area contributed by atoms with Crippen LogP contribution in [-0.2, 0) is 14.3 Å². The minimum atomic E-state index is -0.392. The summed E-state index contributed by atoms with van der Waals surface area (Å²) in [6.45, 7) is 7.68. The number of hydrogen-bond acceptors (Lipinski definition) is 4. The number of morpholine rings is 1. The Morgan fingerprint density at radius 3 is 1.86 bits per heavy atom. The van der Waals surface area contributed by atoms with Gasteiger partial charge in [-0.2, -0.15) is 0 Å². The largest absolute Gasteiger partial charge is 0.378 e. The number of carbonyl (C=O) groups excluding carboxylic acids is 2. The van der Waals surface area contributed by atoms with Gasteiger partial charge < -0.3 is 19.4 Å².